The van der Waals surface area contributed by atoms with Crippen molar-refractivity contribution in [1.29, 1.82) is 0 Å². The Kier molecular flexibility index (Phi) is 6.74. The summed E-state index contributed by atoms with van der Waals surface area (Å²) in [5, 5.41) is 0. The molecule has 118 valence electrons. The van der Waals surface area contributed by atoms with Gasteiger partial charge in [-0.05, 0) is 36.8 Å². The summed E-state index contributed by atoms with van der Waals surface area (Å²) >= 11 is 1.73. The number of likely N-dealkylation sites (tertiary alicyclic amines) is 1. The Morgan fingerprint density at radius 1 is 1.23 bits per heavy atom. The number of ether oxygens (including phenoxy) is 1. The van der Waals surface area contributed by atoms with Gasteiger partial charge in [-0.2, -0.15) is 0 Å². The summed E-state index contributed by atoms with van der Waals surface area (Å²) in [6.07, 6.45) is 11.6. The van der Waals surface area contributed by atoms with Gasteiger partial charge in [-0.25, -0.2) is 0 Å². The third kappa shape index (κ3) is 5.04. The Balaban J connectivity index is 1.81. The zero-order chi connectivity index (χ0) is 15.8. The van der Waals surface area contributed by atoms with E-state index in [1.807, 2.05) is 23.1 Å². The molecule has 2 rings (SSSR count). The number of carbonyl (C=O) groups excluding carboxylic acids is 1. The Labute approximate surface area is 137 Å². The van der Waals surface area contributed by atoms with E-state index >= 15 is 0 Å². The molecule has 3 nitrogen and oxygen atoms in total. The second-order valence-electron chi connectivity index (χ2n) is 5.25. The number of hydrogen-bond acceptors (Lipinski definition) is 3. The summed E-state index contributed by atoms with van der Waals surface area (Å²) in [6.45, 7) is 1.56. The fourth-order valence-electron chi connectivity index (χ4n) is 2.44. The predicted octanol–water partition coefficient (Wildman–Crippen LogP) is 3.62. The molecule has 0 aromatic heterocycles. The molecule has 22 heavy (non-hydrogen) atoms. The molecule has 1 fully saturated rings. The van der Waals surface area contributed by atoms with Crippen molar-refractivity contribution < 1.29 is 9.53 Å². The average Bonchev–Trinajstić information content (AvgIpc) is 2.59. The van der Waals surface area contributed by atoms with Gasteiger partial charge in [-0.1, -0.05) is 30.4 Å². The summed E-state index contributed by atoms with van der Waals surface area (Å²) in [4.78, 5) is 15.2. The molecular formula is C18H23NO2S. The van der Waals surface area contributed by atoms with Gasteiger partial charge in [0.1, 0.15) is 0 Å². The summed E-state index contributed by atoms with van der Waals surface area (Å²) in [5.74, 6) is 0.0805. The third-order valence-corrected chi connectivity index (χ3v) is 4.58. The molecule has 0 N–H and O–H groups in total. The lowest BCUT2D eigenvalue weighted by Crippen LogP contribution is -2.39. The van der Waals surface area contributed by atoms with E-state index in [0.717, 1.165) is 31.5 Å². The summed E-state index contributed by atoms with van der Waals surface area (Å²) in [6, 6.07) is 8.35. The van der Waals surface area contributed by atoms with Crippen molar-refractivity contribution in [2.45, 2.75) is 23.8 Å². The Bertz CT molecular complexity index is 529. The van der Waals surface area contributed by atoms with E-state index in [1.54, 1.807) is 24.9 Å². The summed E-state index contributed by atoms with van der Waals surface area (Å²) in [5.41, 5.74) is 1.14. The van der Waals surface area contributed by atoms with Crippen molar-refractivity contribution in [3.63, 3.8) is 0 Å². The number of thioether (sulfide) groups is 1. The number of nitrogens with zero attached hydrogens (tertiary/aromatic N) is 1. The quantitative estimate of drug-likeness (QED) is 0.472. The van der Waals surface area contributed by atoms with Gasteiger partial charge >= 0.3 is 0 Å². The molecule has 0 aliphatic carbocycles. The van der Waals surface area contributed by atoms with Gasteiger partial charge in [0.2, 0.25) is 5.91 Å². The topological polar surface area (TPSA) is 29.5 Å². The zero-order valence-corrected chi connectivity index (χ0v) is 14.0. The fourth-order valence-corrected chi connectivity index (χ4v) is 2.85. The number of carbonyl (C=O) groups is 1. The number of benzene rings is 1. The molecule has 1 aromatic rings. The van der Waals surface area contributed by atoms with Crippen molar-refractivity contribution in [3.8, 4) is 0 Å². The minimum atomic E-state index is 0.0805. The van der Waals surface area contributed by atoms with Crippen LogP contribution in [0.1, 0.15) is 18.4 Å². The Morgan fingerprint density at radius 3 is 2.50 bits per heavy atom. The molecule has 0 spiro atoms. The van der Waals surface area contributed by atoms with Crippen LogP contribution in [0.2, 0.25) is 0 Å². The second kappa shape index (κ2) is 8.81. The number of hydrogen-bond donors (Lipinski definition) is 0. The standard InChI is InChI=1S/C18H23NO2S/c1-21-16-11-13-19(14-12-16)18(20)6-4-3-5-15-7-9-17(22-2)10-8-15/h3-10,16H,11-14H2,1-2H3/b5-3+,6-4+. The number of methoxy groups -OCH3 is 1. The van der Waals surface area contributed by atoms with E-state index in [9.17, 15) is 4.79 Å². The first-order chi connectivity index (χ1) is 10.7. The molecule has 1 saturated heterocycles. The molecule has 0 bridgehead atoms. The van der Waals surface area contributed by atoms with Gasteiger partial charge in [0.05, 0.1) is 6.10 Å². The molecule has 1 aromatic carbocycles. The van der Waals surface area contributed by atoms with E-state index in [1.165, 1.54) is 4.90 Å². The van der Waals surface area contributed by atoms with Crippen molar-refractivity contribution in [3.05, 3.63) is 48.1 Å². The SMILES string of the molecule is COC1CCN(C(=O)/C=C/C=C/c2ccc(SC)cc2)CC1. The van der Waals surface area contributed by atoms with Gasteiger partial charge < -0.3 is 9.64 Å². The van der Waals surface area contributed by atoms with Crippen LogP contribution in [-0.4, -0.2) is 43.4 Å². The molecule has 1 heterocycles. The van der Waals surface area contributed by atoms with Crippen molar-refractivity contribution in [2.75, 3.05) is 26.5 Å². The van der Waals surface area contributed by atoms with E-state index in [4.69, 9.17) is 4.74 Å². The zero-order valence-electron chi connectivity index (χ0n) is 13.2. The third-order valence-electron chi connectivity index (χ3n) is 3.84. The molecule has 1 aliphatic rings. The fraction of sp³-hybridized carbons (Fsp3) is 0.389. The van der Waals surface area contributed by atoms with E-state index in [2.05, 4.69) is 30.5 Å². The van der Waals surface area contributed by atoms with E-state index in [0.29, 0.717) is 6.10 Å². The summed E-state index contributed by atoms with van der Waals surface area (Å²) < 4.78 is 5.31. The lowest BCUT2D eigenvalue weighted by atomic mass is 10.1. The van der Waals surface area contributed by atoms with E-state index < -0.39 is 0 Å². The smallest absolute Gasteiger partial charge is 0.246 e. The molecule has 4 heteroatoms. The molecule has 1 amide bonds. The first kappa shape index (κ1) is 16.8. The molecule has 0 saturated carbocycles. The minimum Gasteiger partial charge on any atom is -0.381 e. The Morgan fingerprint density at radius 2 is 1.91 bits per heavy atom. The highest BCUT2D eigenvalue weighted by Gasteiger charge is 2.20. The maximum atomic E-state index is 12.0. The van der Waals surface area contributed by atoms with Crippen LogP contribution in [-0.2, 0) is 9.53 Å². The predicted molar refractivity (Wildman–Crippen MR) is 93.0 cm³/mol. The number of allylic oxidation sites excluding steroid dienone is 2. The monoisotopic (exact) mass is 317 g/mol. The highest BCUT2D eigenvalue weighted by atomic mass is 32.2. The maximum absolute atomic E-state index is 12.0. The van der Waals surface area contributed by atoms with Gasteiger partial charge in [-0.15, -0.1) is 11.8 Å². The largest absolute Gasteiger partial charge is 0.381 e. The minimum absolute atomic E-state index is 0.0805. The van der Waals surface area contributed by atoms with Crippen LogP contribution in [0.5, 0.6) is 0 Å². The first-order valence-corrected chi connectivity index (χ1v) is 8.76. The summed E-state index contributed by atoms with van der Waals surface area (Å²) in [7, 11) is 1.73. The molecule has 0 unspecified atom stereocenters. The van der Waals surface area contributed by atoms with Crippen LogP contribution in [0.15, 0.2) is 47.4 Å². The van der Waals surface area contributed by atoms with Crippen LogP contribution in [0.4, 0.5) is 0 Å². The molecule has 0 atom stereocenters. The van der Waals surface area contributed by atoms with Crippen molar-refractivity contribution in [1.82, 2.24) is 4.90 Å². The van der Waals surface area contributed by atoms with Crippen LogP contribution < -0.4 is 0 Å². The normalized spacial score (nSPS) is 16.7. The van der Waals surface area contributed by atoms with E-state index in [-0.39, 0.29) is 5.91 Å². The van der Waals surface area contributed by atoms with Crippen molar-refractivity contribution in [2.24, 2.45) is 0 Å². The van der Waals surface area contributed by atoms with Gasteiger partial charge in [0.25, 0.3) is 0 Å². The van der Waals surface area contributed by atoms with Gasteiger partial charge in [-0.3, -0.25) is 4.79 Å². The molecule has 0 radical (unpaired) electrons. The molecule has 1 aliphatic heterocycles. The van der Waals surface area contributed by atoms with Crippen LogP contribution in [0, 0.1) is 0 Å². The average molecular weight is 317 g/mol. The maximum Gasteiger partial charge on any atom is 0.246 e. The highest BCUT2D eigenvalue weighted by Crippen LogP contribution is 2.15. The van der Waals surface area contributed by atoms with Gasteiger partial charge in [0, 0.05) is 31.2 Å². The number of piperidine rings is 1. The number of rotatable bonds is 5. The Hall–Kier alpha value is -1.52. The number of amides is 1. The van der Waals surface area contributed by atoms with Crippen molar-refractivity contribution >= 4 is 23.7 Å². The van der Waals surface area contributed by atoms with Gasteiger partial charge in [0.15, 0.2) is 0 Å². The highest BCUT2D eigenvalue weighted by molar-refractivity contribution is 7.98. The van der Waals surface area contributed by atoms with Crippen LogP contribution >= 0.6 is 11.8 Å². The molecular weight excluding hydrogens is 294 g/mol. The van der Waals surface area contributed by atoms with Crippen LogP contribution in [0.25, 0.3) is 6.08 Å². The lowest BCUT2D eigenvalue weighted by molar-refractivity contribution is -0.128. The second-order valence-corrected chi connectivity index (χ2v) is 6.13. The lowest BCUT2D eigenvalue weighted by Gasteiger charge is -2.30. The first-order valence-electron chi connectivity index (χ1n) is 7.53. The van der Waals surface area contributed by atoms with Crippen LogP contribution in [0.3, 0.4) is 0 Å².